The molecule has 13 N–H and O–H groups in total. The average Bonchev–Trinajstić information content (AvgIpc) is 1.60. The first-order valence-electron chi connectivity index (χ1n) is 47.3. The molecule has 6 saturated heterocycles. The number of aromatic nitrogens is 7. The maximum Gasteiger partial charge on any atom is 0.271 e. The summed E-state index contributed by atoms with van der Waals surface area (Å²) >= 11 is 0. The number of amides is 4. The number of unbranched alkanes of at least 4 members (excludes halogenated alkanes) is 6. The Morgan fingerprint density at radius 3 is 1.67 bits per heavy atom. The fourth-order valence-corrected chi connectivity index (χ4v) is 17.0. The van der Waals surface area contributed by atoms with E-state index in [9.17, 15) is 49.8 Å². The molecular formula is C88H149N13O34S2. The highest BCUT2D eigenvalue weighted by molar-refractivity contribution is 8.76. The number of rotatable bonds is 80. The van der Waals surface area contributed by atoms with Gasteiger partial charge >= 0.3 is 0 Å². The molecule has 4 amide bonds. The molecule has 49 heteroatoms. The molecule has 782 valence electrons. The first-order chi connectivity index (χ1) is 66.6. The second kappa shape index (κ2) is 66.2. The molecule has 14 atom stereocenters. The predicted molar refractivity (Wildman–Crippen MR) is 486 cm³/mol. The molecule has 4 bridgehead atoms. The number of aliphatic hydroxyl groups is 6. The van der Waals surface area contributed by atoms with E-state index in [0.717, 1.165) is 36.5 Å². The molecule has 1 unspecified atom stereocenters. The number of fused-ring (bicyclic) bond motifs is 4. The Hall–Kier alpha value is -5.85. The first-order valence-corrected chi connectivity index (χ1v) is 49.7. The number of nitrogens with zero attached hydrogens (tertiary/aromatic N) is 7. The molecule has 6 fully saturated rings. The summed E-state index contributed by atoms with van der Waals surface area (Å²) in [7, 11) is 4.90. The van der Waals surface area contributed by atoms with Gasteiger partial charge in [-0.3, -0.25) is 19.2 Å². The van der Waals surface area contributed by atoms with Crippen LogP contribution in [0.1, 0.15) is 115 Å². The van der Waals surface area contributed by atoms with Gasteiger partial charge in [-0.2, -0.15) is 0 Å². The van der Waals surface area contributed by atoms with Crippen molar-refractivity contribution in [2.45, 2.75) is 231 Å². The number of pyridine rings is 1. The molecule has 0 aliphatic carbocycles. The fourth-order valence-electron chi connectivity index (χ4n) is 15.0. The fraction of sp³-hybridized carbons (Fsp3) is 0.830. The molecule has 9 rings (SSSR count). The predicted octanol–water partition coefficient (Wildman–Crippen LogP) is -1.01. The standard InChI is InChI=1S/C88H149N13O34S2/c1-65(102)93-78-79(108)82(111)88(64-132-83(78)135-88)62-124-45-42-121-39-36-118-33-30-115-27-23-101-51-68(97-99-101)54-127-60-86(58-125-52-66(89)49-90-21-25-113-28-31-116-34-38-120-41-44-123-61-87-63-131-77(134-87)48-71(104)81(87)110,59-126-53-67-50-100(98-96-67)22-26-114-29-32-117-35-37-119-40-43-122-57-85(2)80(109)70(103)47-76(112-3)133-85)95-74(107)17-7-4-11-19-91-72(105)15-8-5-13-24-128-84-129-55-69(56-130-84)94-73(106)16-9-6-14-46-136-137-75-18-10-12-20-92-75/h10,12,18,20,49-51,69-71,76-84,90,103-104,108-111H,4-9,11,13-17,19,21-48,52-64,89H2,1-3H3,(H,91,105)(H,93,102)(H,94,106)(H,95,107)/b66-49-/t69?,70-,71-,76+,77+,78-,79-,80-,81-,82-,83+,84?,85-,86?,87+,88+/m1/s1. The number of nitrogens with one attached hydrogen (secondary N) is 5. The number of carbonyl (C=O) groups is 4. The van der Waals surface area contributed by atoms with Gasteiger partial charge in [0.15, 0.2) is 18.9 Å². The third-order valence-corrected chi connectivity index (χ3v) is 24.8. The maximum atomic E-state index is 14.3. The lowest BCUT2D eigenvalue weighted by atomic mass is 9.88. The minimum absolute atomic E-state index is 0.0164. The lowest BCUT2D eigenvalue weighted by molar-refractivity contribution is -0.315. The van der Waals surface area contributed by atoms with Crippen molar-refractivity contribution in [1.29, 1.82) is 0 Å². The summed E-state index contributed by atoms with van der Waals surface area (Å²) < 4.78 is 142. The highest BCUT2D eigenvalue weighted by Gasteiger charge is 2.60. The number of carbonyl (C=O) groups excluding carboxylic acids is 4. The van der Waals surface area contributed by atoms with E-state index in [1.807, 2.05) is 18.2 Å². The summed E-state index contributed by atoms with van der Waals surface area (Å²) in [4.78, 5) is 55.7. The normalized spacial score (nSPS) is 25.3. The average molecular weight is 2000 g/mol. The third-order valence-electron chi connectivity index (χ3n) is 22.4. The monoisotopic (exact) mass is 2000 g/mol. The highest BCUT2D eigenvalue weighted by atomic mass is 33.1. The highest BCUT2D eigenvalue weighted by Crippen LogP contribution is 2.39. The molecule has 9 heterocycles. The van der Waals surface area contributed by atoms with Crippen molar-refractivity contribution in [3.05, 3.63) is 60.1 Å². The van der Waals surface area contributed by atoms with Gasteiger partial charge in [0.25, 0.3) is 6.48 Å². The lowest BCUT2D eigenvalue weighted by Gasteiger charge is -2.43. The smallest absolute Gasteiger partial charge is 0.271 e. The van der Waals surface area contributed by atoms with E-state index >= 15 is 0 Å². The van der Waals surface area contributed by atoms with Crippen LogP contribution in [0.3, 0.4) is 0 Å². The molecule has 0 saturated carbocycles. The number of nitrogens with two attached hydrogens (primary N) is 1. The first kappa shape index (κ1) is 115. The summed E-state index contributed by atoms with van der Waals surface area (Å²) in [5.41, 5.74) is 2.99. The molecule has 6 aliphatic rings. The Morgan fingerprint density at radius 1 is 0.547 bits per heavy atom. The number of hydrogen-bond donors (Lipinski definition) is 12. The minimum atomic E-state index is -1.35. The van der Waals surface area contributed by atoms with Crippen LogP contribution < -0.4 is 32.3 Å². The van der Waals surface area contributed by atoms with Crippen molar-refractivity contribution in [2.75, 3.05) is 244 Å². The minimum Gasteiger partial charge on any atom is -0.399 e. The molecule has 3 aromatic heterocycles. The molecule has 0 radical (unpaired) electrons. The van der Waals surface area contributed by atoms with Crippen molar-refractivity contribution >= 4 is 45.2 Å². The molecule has 137 heavy (non-hydrogen) atoms. The Bertz CT molecular complexity index is 3780. The van der Waals surface area contributed by atoms with Crippen molar-refractivity contribution in [1.82, 2.24) is 61.6 Å². The number of ether oxygens (including phenoxy) is 24. The molecule has 47 nitrogen and oxygen atoms in total. The van der Waals surface area contributed by atoms with Gasteiger partial charge < -0.3 is 177 Å². The van der Waals surface area contributed by atoms with E-state index in [0.29, 0.717) is 194 Å². The van der Waals surface area contributed by atoms with E-state index in [4.69, 9.17) is 119 Å². The second-order valence-electron chi connectivity index (χ2n) is 34.1. The number of aliphatic hydroxyl groups excluding tert-OH is 6. The van der Waals surface area contributed by atoms with Gasteiger partial charge in [-0.25, -0.2) is 14.3 Å². The van der Waals surface area contributed by atoms with Crippen LogP contribution >= 0.6 is 21.6 Å². The van der Waals surface area contributed by atoms with E-state index < -0.39 is 96.3 Å². The van der Waals surface area contributed by atoms with Gasteiger partial charge in [-0.15, -0.1) is 10.2 Å². The largest absolute Gasteiger partial charge is 0.399 e. The Balaban J connectivity index is 0.687. The quantitative estimate of drug-likeness (QED) is 0.0238. The van der Waals surface area contributed by atoms with Crippen LogP contribution in [0.5, 0.6) is 0 Å². The van der Waals surface area contributed by atoms with Crippen molar-refractivity contribution < 1.29 is 164 Å². The summed E-state index contributed by atoms with van der Waals surface area (Å²) in [5.74, 6) is 0.185. The van der Waals surface area contributed by atoms with Crippen LogP contribution in [0.2, 0.25) is 0 Å². The van der Waals surface area contributed by atoms with Crippen LogP contribution in [0.4, 0.5) is 0 Å². The van der Waals surface area contributed by atoms with Crippen LogP contribution in [0, 0.1) is 0 Å². The summed E-state index contributed by atoms with van der Waals surface area (Å²) in [5, 5.41) is 95.9. The van der Waals surface area contributed by atoms with Gasteiger partial charge in [0.05, 0.1) is 281 Å². The van der Waals surface area contributed by atoms with Gasteiger partial charge in [-0.1, -0.05) is 46.5 Å². The van der Waals surface area contributed by atoms with E-state index in [-0.39, 0.29) is 169 Å². The van der Waals surface area contributed by atoms with Gasteiger partial charge in [0.1, 0.15) is 69.2 Å². The zero-order chi connectivity index (χ0) is 97.3. The van der Waals surface area contributed by atoms with E-state index in [1.54, 1.807) is 62.7 Å². The Morgan fingerprint density at radius 2 is 1.08 bits per heavy atom. The molecular weight excluding hydrogens is 1850 g/mol. The van der Waals surface area contributed by atoms with Crippen LogP contribution in [0.25, 0.3) is 0 Å². The Labute approximate surface area is 807 Å². The molecule has 0 spiro atoms. The van der Waals surface area contributed by atoms with Crippen molar-refractivity contribution in [3.8, 4) is 0 Å². The van der Waals surface area contributed by atoms with Crippen LogP contribution in [-0.2, 0) is 159 Å². The van der Waals surface area contributed by atoms with Gasteiger partial charge in [0, 0.05) is 77.4 Å². The molecule has 6 aliphatic heterocycles. The lowest BCUT2D eigenvalue weighted by Crippen LogP contribution is -2.66. The maximum absolute atomic E-state index is 14.3. The number of methoxy groups -OCH3 is 1. The van der Waals surface area contributed by atoms with Crippen molar-refractivity contribution in [3.63, 3.8) is 0 Å². The van der Waals surface area contributed by atoms with Gasteiger partial charge in [-0.05, 0) is 68.4 Å². The molecule has 0 aromatic carbocycles. The second-order valence-corrected chi connectivity index (χ2v) is 36.5. The van der Waals surface area contributed by atoms with Crippen LogP contribution in [0.15, 0.2) is 53.7 Å². The van der Waals surface area contributed by atoms with E-state index in [2.05, 4.69) is 52.2 Å². The van der Waals surface area contributed by atoms with Crippen LogP contribution in [-0.4, -0.2) is 430 Å². The zero-order valence-electron chi connectivity index (χ0n) is 79.3. The SMILES string of the molecule is CO[C@@H]1C[C@@H](O)[C@@H](O)[C@@](C)(COCCOCCOCCOCCn2cc(COCC(COC/C(N)=C/NCCOCCOCCOCCOC[C@]34CO[C@H](C[C@@H](O)[C@H]3O)O4)(COCc3cn(CCOCCOCCOCCOC[C@@]45CO[C@@H](O4)[C@H](NC(C)=O)[C@@H](O)[C@H]5O)nn3)NC(=O)CCCCCNC(=O)CCCCCOC3OCC(NC(=O)CCCCCSSc4ccccn4)CO3)nn2)O1. The topological polar surface area (TPSA) is 572 Å². The molecule has 3 aromatic rings. The van der Waals surface area contributed by atoms with Crippen molar-refractivity contribution in [2.24, 2.45) is 5.73 Å². The van der Waals surface area contributed by atoms with Gasteiger partial charge in [0.2, 0.25) is 23.6 Å². The Kier molecular flexibility index (Phi) is 55.4. The van der Waals surface area contributed by atoms with E-state index in [1.165, 1.54) is 14.0 Å². The summed E-state index contributed by atoms with van der Waals surface area (Å²) in [6, 6.07) is 4.69. The third kappa shape index (κ3) is 44.1. The number of hydrogen-bond acceptors (Lipinski definition) is 43. The summed E-state index contributed by atoms with van der Waals surface area (Å²) in [6.45, 7) is 10.5. The summed E-state index contributed by atoms with van der Waals surface area (Å²) in [6.07, 6.45) is 5.81. The zero-order valence-corrected chi connectivity index (χ0v) is 80.9.